The van der Waals surface area contributed by atoms with Gasteiger partial charge in [0, 0.05) is 18.5 Å². The number of hydrogen-bond donors (Lipinski definition) is 1. The van der Waals surface area contributed by atoms with E-state index in [1.807, 2.05) is 0 Å². The Bertz CT molecular complexity index is 467. The van der Waals surface area contributed by atoms with Crippen molar-refractivity contribution in [2.45, 2.75) is 11.3 Å². The monoisotopic (exact) mass is 339 g/mol. The molecule has 0 aliphatic rings. The highest BCUT2D eigenvalue weighted by molar-refractivity contribution is 9.09. The lowest BCUT2D eigenvalue weighted by Crippen LogP contribution is -2.25. The number of sulfonamides is 1. The normalized spacial score (nSPS) is 11.7. The van der Waals surface area contributed by atoms with Crippen molar-refractivity contribution in [1.29, 1.82) is 0 Å². The van der Waals surface area contributed by atoms with Crippen LogP contribution in [0.2, 0.25) is 0 Å². The van der Waals surface area contributed by atoms with Gasteiger partial charge in [-0.2, -0.15) is 0 Å². The zero-order chi connectivity index (χ0) is 13.4. The van der Waals surface area contributed by atoms with Crippen LogP contribution in [0.25, 0.3) is 0 Å². The summed E-state index contributed by atoms with van der Waals surface area (Å²) in [4.78, 5) is -0.0659. The molecule has 0 atom stereocenters. The van der Waals surface area contributed by atoms with Crippen molar-refractivity contribution in [3.63, 3.8) is 0 Å². The minimum Gasteiger partial charge on any atom is -0.381 e. The van der Waals surface area contributed by atoms with Gasteiger partial charge in [0.15, 0.2) is 0 Å². The van der Waals surface area contributed by atoms with E-state index < -0.39 is 15.8 Å². The van der Waals surface area contributed by atoms with Crippen LogP contribution in [0.15, 0.2) is 29.2 Å². The molecule has 1 aromatic carbocycles. The number of ether oxygens (including phenoxy) is 1. The smallest absolute Gasteiger partial charge is 0.240 e. The van der Waals surface area contributed by atoms with E-state index in [2.05, 4.69) is 20.7 Å². The maximum absolute atomic E-state index is 12.9. The Kier molecular flexibility index (Phi) is 6.77. The van der Waals surface area contributed by atoms with Gasteiger partial charge >= 0.3 is 0 Å². The first-order valence-electron chi connectivity index (χ1n) is 5.45. The van der Waals surface area contributed by atoms with E-state index in [1.165, 1.54) is 18.2 Å². The van der Waals surface area contributed by atoms with Gasteiger partial charge in [0.05, 0.1) is 11.5 Å². The molecule has 0 bridgehead atoms. The second-order valence-corrected chi connectivity index (χ2v) is 6.07. The van der Waals surface area contributed by atoms with Gasteiger partial charge in [0.1, 0.15) is 5.82 Å². The number of hydrogen-bond acceptors (Lipinski definition) is 3. The second-order valence-electron chi connectivity index (χ2n) is 3.51. The molecular formula is C11H15BrFNO3S. The minimum absolute atomic E-state index is 0.0659. The zero-order valence-corrected chi connectivity index (χ0v) is 12.1. The van der Waals surface area contributed by atoms with Crippen LogP contribution < -0.4 is 4.72 Å². The van der Waals surface area contributed by atoms with Gasteiger partial charge in [0.2, 0.25) is 10.0 Å². The first kappa shape index (κ1) is 15.6. The largest absolute Gasteiger partial charge is 0.381 e. The molecule has 0 saturated carbocycles. The Labute approximate surface area is 115 Å². The Morgan fingerprint density at radius 3 is 2.78 bits per heavy atom. The van der Waals surface area contributed by atoms with E-state index in [-0.39, 0.29) is 11.4 Å². The van der Waals surface area contributed by atoms with E-state index in [4.69, 9.17) is 4.74 Å². The van der Waals surface area contributed by atoms with Crippen LogP contribution in [0.4, 0.5) is 4.39 Å². The van der Waals surface area contributed by atoms with Crippen LogP contribution in [0.3, 0.4) is 0 Å². The van der Waals surface area contributed by atoms with Crippen LogP contribution in [0.5, 0.6) is 0 Å². The highest BCUT2D eigenvalue weighted by atomic mass is 79.9. The van der Waals surface area contributed by atoms with E-state index in [0.717, 1.165) is 11.4 Å². The molecule has 102 valence electrons. The van der Waals surface area contributed by atoms with Gasteiger partial charge in [-0.1, -0.05) is 22.0 Å². The molecule has 0 aromatic heterocycles. The van der Waals surface area contributed by atoms with Crippen molar-refractivity contribution in [2.24, 2.45) is 0 Å². The predicted octanol–water partition coefficient (Wildman–Crippen LogP) is 1.91. The molecule has 4 nitrogen and oxygen atoms in total. The standard InChI is InChI=1S/C11H15BrFNO3S/c12-5-8-17-7-2-6-14-18(15,16)11-4-1-3-10(13)9-11/h1,3-4,9,14H,2,5-8H2. The molecule has 0 fully saturated rings. The zero-order valence-electron chi connectivity index (χ0n) is 9.73. The number of nitrogens with one attached hydrogen (secondary N) is 1. The maximum atomic E-state index is 12.9. The van der Waals surface area contributed by atoms with Gasteiger partial charge in [-0.3, -0.25) is 0 Å². The van der Waals surface area contributed by atoms with Gasteiger partial charge in [-0.15, -0.1) is 0 Å². The Morgan fingerprint density at radius 1 is 1.33 bits per heavy atom. The van der Waals surface area contributed by atoms with Gasteiger partial charge in [-0.05, 0) is 24.6 Å². The lowest BCUT2D eigenvalue weighted by Gasteiger charge is -2.07. The predicted molar refractivity (Wildman–Crippen MR) is 70.8 cm³/mol. The van der Waals surface area contributed by atoms with Crippen molar-refractivity contribution in [3.05, 3.63) is 30.1 Å². The number of benzene rings is 1. The first-order chi connectivity index (χ1) is 8.56. The number of halogens is 2. The summed E-state index contributed by atoms with van der Waals surface area (Å²) in [7, 11) is -3.63. The summed E-state index contributed by atoms with van der Waals surface area (Å²) >= 11 is 3.22. The summed E-state index contributed by atoms with van der Waals surface area (Å²) in [6.07, 6.45) is 0.571. The summed E-state index contributed by atoms with van der Waals surface area (Å²) in [5.74, 6) is -0.571. The third-order valence-electron chi connectivity index (χ3n) is 2.09. The Morgan fingerprint density at radius 2 is 2.11 bits per heavy atom. The minimum atomic E-state index is -3.63. The molecule has 18 heavy (non-hydrogen) atoms. The van der Waals surface area contributed by atoms with Gasteiger partial charge in [0.25, 0.3) is 0 Å². The lowest BCUT2D eigenvalue weighted by molar-refractivity contribution is 0.149. The summed E-state index contributed by atoms with van der Waals surface area (Å²) in [5.41, 5.74) is 0. The molecule has 1 N–H and O–H groups in total. The summed E-state index contributed by atoms with van der Waals surface area (Å²) < 4.78 is 44.0. The van der Waals surface area contributed by atoms with Crippen LogP contribution in [0.1, 0.15) is 6.42 Å². The third kappa shape index (κ3) is 5.43. The molecule has 0 spiro atoms. The average Bonchev–Trinajstić information content (AvgIpc) is 2.33. The summed E-state index contributed by atoms with van der Waals surface area (Å²) in [5, 5.41) is 0.752. The van der Waals surface area contributed by atoms with Crippen molar-refractivity contribution in [1.82, 2.24) is 4.72 Å². The third-order valence-corrected chi connectivity index (χ3v) is 3.87. The molecule has 0 aliphatic carbocycles. The van der Waals surface area contributed by atoms with E-state index >= 15 is 0 Å². The molecule has 1 rings (SSSR count). The fourth-order valence-electron chi connectivity index (χ4n) is 1.25. The molecule has 0 unspecified atom stereocenters. The first-order valence-corrected chi connectivity index (χ1v) is 8.05. The average molecular weight is 340 g/mol. The highest BCUT2D eigenvalue weighted by Gasteiger charge is 2.13. The van der Waals surface area contributed by atoms with Crippen LogP contribution >= 0.6 is 15.9 Å². The van der Waals surface area contributed by atoms with Gasteiger partial charge < -0.3 is 4.74 Å². The van der Waals surface area contributed by atoms with Crippen LogP contribution in [-0.2, 0) is 14.8 Å². The van der Waals surface area contributed by atoms with Crippen LogP contribution in [0, 0.1) is 5.82 Å². The van der Waals surface area contributed by atoms with Crippen molar-refractivity contribution >= 4 is 26.0 Å². The molecule has 0 amide bonds. The summed E-state index contributed by atoms with van der Waals surface area (Å²) in [6.45, 7) is 1.34. The molecule has 1 aromatic rings. The van der Waals surface area contributed by atoms with Gasteiger partial charge in [-0.25, -0.2) is 17.5 Å². The maximum Gasteiger partial charge on any atom is 0.240 e. The van der Waals surface area contributed by atoms with E-state index in [0.29, 0.717) is 19.6 Å². The number of alkyl halides is 1. The van der Waals surface area contributed by atoms with Crippen molar-refractivity contribution in [3.8, 4) is 0 Å². The quantitative estimate of drug-likeness (QED) is 0.581. The van der Waals surface area contributed by atoms with Crippen molar-refractivity contribution in [2.75, 3.05) is 25.1 Å². The summed E-state index contributed by atoms with van der Waals surface area (Å²) in [6, 6.07) is 4.91. The number of rotatable bonds is 8. The fraction of sp³-hybridized carbons (Fsp3) is 0.455. The van der Waals surface area contributed by atoms with E-state index in [9.17, 15) is 12.8 Å². The molecule has 7 heteroatoms. The SMILES string of the molecule is O=S(=O)(NCCCOCCBr)c1cccc(F)c1. The Hall–Kier alpha value is -0.500. The Balaban J connectivity index is 2.41. The van der Waals surface area contributed by atoms with Crippen molar-refractivity contribution < 1.29 is 17.5 Å². The molecule has 0 aliphatic heterocycles. The molecule has 0 heterocycles. The second kappa shape index (κ2) is 7.83. The molecule has 0 saturated heterocycles. The molecular weight excluding hydrogens is 325 g/mol. The fourth-order valence-corrected chi connectivity index (χ4v) is 2.59. The lowest BCUT2D eigenvalue weighted by atomic mass is 10.4. The molecule has 0 radical (unpaired) electrons. The highest BCUT2D eigenvalue weighted by Crippen LogP contribution is 2.09. The van der Waals surface area contributed by atoms with E-state index in [1.54, 1.807) is 0 Å². The van der Waals surface area contributed by atoms with Crippen LogP contribution in [-0.4, -0.2) is 33.5 Å². The topological polar surface area (TPSA) is 55.4 Å².